The van der Waals surface area contributed by atoms with Crippen LogP contribution in [0, 0.1) is 23.7 Å². The van der Waals surface area contributed by atoms with Crippen molar-refractivity contribution in [3.8, 4) is 0 Å². The Labute approximate surface area is 317 Å². The number of ether oxygens (including phenoxy) is 8. The van der Waals surface area contributed by atoms with Gasteiger partial charge in [-0.15, -0.1) is 0 Å². The lowest BCUT2D eigenvalue weighted by atomic mass is 9.73. The molecule has 0 bridgehead atoms. The van der Waals surface area contributed by atoms with E-state index in [1.807, 2.05) is 46.7 Å². The minimum atomic E-state index is -1.73. The summed E-state index contributed by atoms with van der Waals surface area (Å²) < 4.78 is 50.0. The molecule has 0 saturated carbocycles. The van der Waals surface area contributed by atoms with E-state index in [1.54, 1.807) is 34.6 Å². The summed E-state index contributed by atoms with van der Waals surface area (Å²) in [5.41, 5.74) is -3.96. The van der Waals surface area contributed by atoms with E-state index in [4.69, 9.17) is 37.9 Å². The maximum Gasteiger partial charge on any atom is 0.311 e. The predicted molar refractivity (Wildman–Crippen MR) is 196 cm³/mol. The molecule has 3 rings (SSSR count). The van der Waals surface area contributed by atoms with Crippen molar-refractivity contribution in [1.29, 1.82) is 0 Å². The number of hydrogen-bond acceptors (Lipinski definition) is 14. The zero-order valence-corrected chi connectivity index (χ0v) is 34.9. The number of nitrogens with zero attached hydrogens (tertiary/aromatic N) is 1. The van der Waals surface area contributed by atoms with Gasteiger partial charge in [0.1, 0.15) is 29.7 Å². The quantitative estimate of drug-likeness (QED) is 0.293. The third-order valence-corrected chi connectivity index (χ3v) is 12.5. The first-order valence-corrected chi connectivity index (χ1v) is 19.3. The summed E-state index contributed by atoms with van der Waals surface area (Å²) in [6, 6.07) is -0.270. The first kappa shape index (κ1) is 46.1. The van der Waals surface area contributed by atoms with Gasteiger partial charge in [0.2, 0.25) is 0 Å². The highest BCUT2D eigenvalue weighted by molar-refractivity contribution is 5.83. The van der Waals surface area contributed by atoms with Crippen molar-refractivity contribution in [3.05, 3.63) is 0 Å². The Morgan fingerprint density at radius 3 is 1.98 bits per heavy atom. The Balaban J connectivity index is 2.24. The molecule has 0 aliphatic carbocycles. The molecule has 3 N–H and O–H groups in total. The molecule has 3 fully saturated rings. The molecule has 0 aromatic rings. The van der Waals surface area contributed by atoms with Gasteiger partial charge in [0.15, 0.2) is 12.6 Å². The van der Waals surface area contributed by atoms with Crippen LogP contribution in [0.15, 0.2) is 0 Å². The molecular formula is C39H71NO13. The van der Waals surface area contributed by atoms with Crippen molar-refractivity contribution in [2.24, 2.45) is 23.7 Å². The summed E-state index contributed by atoms with van der Waals surface area (Å²) in [5, 5.41) is 34.5. The maximum absolute atomic E-state index is 14.3. The van der Waals surface area contributed by atoms with Crippen LogP contribution >= 0.6 is 0 Å². The Morgan fingerprint density at radius 2 is 1.45 bits per heavy atom. The maximum atomic E-state index is 14.3. The van der Waals surface area contributed by atoms with E-state index >= 15 is 0 Å². The average molecular weight is 762 g/mol. The van der Waals surface area contributed by atoms with Crippen LogP contribution in [0.1, 0.15) is 94.9 Å². The molecule has 0 aromatic carbocycles. The normalized spacial score (nSPS) is 48.3. The van der Waals surface area contributed by atoms with Crippen LogP contribution in [0.5, 0.6) is 0 Å². The van der Waals surface area contributed by atoms with Crippen LogP contribution in [0.2, 0.25) is 0 Å². The second-order valence-corrected chi connectivity index (χ2v) is 16.8. The van der Waals surface area contributed by atoms with Gasteiger partial charge in [0.25, 0.3) is 0 Å². The van der Waals surface area contributed by atoms with Crippen molar-refractivity contribution >= 4 is 11.8 Å². The lowest BCUT2D eigenvalue weighted by molar-refractivity contribution is -0.319. The summed E-state index contributed by atoms with van der Waals surface area (Å²) in [7, 11) is 8.26. The summed E-state index contributed by atoms with van der Waals surface area (Å²) in [6.07, 6.45) is -7.72. The monoisotopic (exact) mass is 761 g/mol. The summed E-state index contributed by atoms with van der Waals surface area (Å²) in [4.78, 5) is 30.5. The van der Waals surface area contributed by atoms with Crippen molar-refractivity contribution in [1.82, 2.24) is 4.90 Å². The number of carbonyl (C=O) groups excluding carboxylic acids is 2. The van der Waals surface area contributed by atoms with Gasteiger partial charge >= 0.3 is 5.97 Å². The second kappa shape index (κ2) is 18.3. The molecule has 0 amide bonds. The molecule has 3 aliphatic rings. The fourth-order valence-corrected chi connectivity index (χ4v) is 9.01. The Bertz CT molecular complexity index is 1200. The highest BCUT2D eigenvalue weighted by Crippen LogP contribution is 2.42. The van der Waals surface area contributed by atoms with Crippen LogP contribution in [-0.2, 0) is 47.5 Å². The zero-order chi connectivity index (χ0) is 40.4. The molecule has 0 spiro atoms. The number of Topliss-reactive ketones (excluding diaryl/α,β-unsaturated/α-hetero) is 1. The molecule has 14 nitrogen and oxygen atoms in total. The SMILES string of the molecule is CCC1OC(=O)[C@@H](C)C(O[C@@H]2C[C@](C)(OC)[C@H](O)[C@@H](C)O2)[C@@H](C)[C@H](O[C@H]2O[C@@H](C)C[C@@H](N(C)C)[C@@H]2O)[C@@](C)(OC)C[C@H](C)C(=O)[C@@H](C)[C@H](OC)[C@@]1(C)O. The van der Waals surface area contributed by atoms with Gasteiger partial charge in [-0.25, -0.2) is 0 Å². The van der Waals surface area contributed by atoms with Crippen LogP contribution in [0.3, 0.4) is 0 Å². The number of methoxy groups -OCH3 is 3. The molecule has 0 aromatic heterocycles. The molecule has 310 valence electrons. The Morgan fingerprint density at radius 1 is 0.849 bits per heavy atom. The number of aliphatic hydroxyl groups is 3. The summed E-state index contributed by atoms with van der Waals surface area (Å²) in [5.74, 6) is -3.88. The number of aliphatic hydroxyl groups excluding tert-OH is 2. The number of ketones is 1. The smallest absolute Gasteiger partial charge is 0.311 e. The number of likely N-dealkylation sites (N-methyl/N-ethyl adjacent to an activating group) is 1. The number of hydrogen-bond donors (Lipinski definition) is 3. The van der Waals surface area contributed by atoms with Crippen molar-refractivity contribution in [2.45, 2.75) is 179 Å². The highest BCUT2D eigenvalue weighted by Gasteiger charge is 2.54. The molecule has 3 saturated heterocycles. The van der Waals surface area contributed by atoms with Crippen LogP contribution < -0.4 is 0 Å². The number of cyclic esters (lactones) is 1. The number of esters is 1. The minimum absolute atomic E-state index is 0.144. The fourth-order valence-electron chi connectivity index (χ4n) is 9.01. The molecule has 3 heterocycles. The van der Waals surface area contributed by atoms with Crippen LogP contribution in [0.25, 0.3) is 0 Å². The van der Waals surface area contributed by atoms with Crippen molar-refractivity contribution < 1.29 is 62.8 Å². The van der Waals surface area contributed by atoms with E-state index < -0.39 is 102 Å². The first-order chi connectivity index (χ1) is 24.5. The fraction of sp³-hybridized carbons (Fsp3) is 0.949. The predicted octanol–water partition coefficient (Wildman–Crippen LogP) is 3.09. The third-order valence-electron chi connectivity index (χ3n) is 12.5. The highest BCUT2D eigenvalue weighted by atomic mass is 16.7. The number of rotatable bonds is 9. The molecule has 3 aliphatic heterocycles. The molecule has 14 heteroatoms. The molecule has 53 heavy (non-hydrogen) atoms. The third kappa shape index (κ3) is 9.81. The zero-order valence-electron chi connectivity index (χ0n) is 34.9. The van der Waals surface area contributed by atoms with E-state index in [0.717, 1.165) is 0 Å². The lowest BCUT2D eigenvalue weighted by Gasteiger charge is -2.50. The van der Waals surface area contributed by atoms with E-state index in [2.05, 4.69) is 0 Å². The Kier molecular flexibility index (Phi) is 15.9. The molecule has 2 unspecified atom stereocenters. The van der Waals surface area contributed by atoms with Gasteiger partial charge in [-0.2, -0.15) is 0 Å². The van der Waals surface area contributed by atoms with Gasteiger partial charge in [0, 0.05) is 51.5 Å². The number of carbonyl (C=O) groups is 2. The summed E-state index contributed by atoms with van der Waals surface area (Å²) in [6.45, 7) is 17.7. The topological polar surface area (TPSA) is 172 Å². The van der Waals surface area contributed by atoms with Crippen LogP contribution in [0.4, 0.5) is 0 Å². The van der Waals surface area contributed by atoms with E-state index in [-0.39, 0.29) is 37.2 Å². The standard InChI is InChI=1S/C39H71NO13/c1-16-27-39(10,45)34(46-13)22(4)29(41)20(2)18-38(9,48-15)33(53-36-30(42)26(40(11)12)17-21(3)49-36)23(5)31(24(6)35(44)51-27)52-28-19-37(8,47-14)32(43)25(7)50-28/h20-28,30-34,36,42-43,45H,16-19H2,1-15H3/t20-,21-,22+,23+,24-,25+,26+,27?,28+,30-,31?,32+,33-,34-,36+,37-,38-,39-/m0/s1. The lowest BCUT2D eigenvalue weighted by Crippen LogP contribution is -2.61. The van der Waals surface area contributed by atoms with E-state index in [1.165, 1.54) is 28.3 Å². The second-order valence-electron chi connectivity index (χ2n) is 16.8. The minimum Gasteiger partial charge on any atom is -0.459 e. The molecule has 0 radical (unpaired) electrons. The Hall–Kier alpha value is -1.30. The summed E-state index contributed by atoms with van der Waals surface area (Å²) >= 11 is 0. The largest absolute Gasteiger partial charge is 0.459 e. The van der Waals surface area contributed by atoms with Crippen molar-refractivity contribution in [3.63, 3.8) is 0 Å². The first-order valence-electron chi connectivity index (χ1n) is 19.3. The van der Waals surface area contributed by atoms with E-state index in [9.17, 15) is 24.9 Å². The van der Waals surface area contributed by atoms with Crippen LogP contribution in [-0.4, -0.2) is 152 Å². The molecule has 18 atom stereocenters. The van der Waals surface area contributed by atoms with Crippen molar-refractivity contribution in [2.75, 3.05) is 35.4 Å². The van der Waals surface area contributed by atoms with Gasteiger partial charge in [-0.1, -0.05) is 27.7 Å². The van der Waals surface area contributed by atoms with Gasteiger partial charge < -0.3 is 58.1 Å². The van der Waals surface area contributed by atoms with Gasteiger partial charge in [0.05, 0.1) is 47.6 Å². The molecular weight excluding hydrogens is 690 g/mol. The van der Waals surface area contributed by atoms with Gasteiger partial charge in [-0.05, 0) is 74.9 Å². The average Bonchev–Trinajstić information content (AvgIpc) is 3.10. The van der Waals surface area contributed by atoms with Gasteiger partial charge in [-0.3, -0.25) is 9.59 Å². The van der Waals surface area contributed by atoms with E-state index in [0.29, 0.717) is 6.42 Å².